The zero-order valence-corrected chi connectivity index (χ0v) is 7.88. The van der Waals surface area contributed by atoms with Gasteiger partial charge in [-0.05, 0) is 6.42 Å². The van der Waals surface area contributed by atoms with E-state index in [1.807, 2.05) is 6.92 Å². The van der Waals surface area contributed by atoms with Gasteiger partial charge < -0.3 is 10.2 Å². The number of hydrogen-bond donors (Lipinski definition) is 2. The third kappa shape index (κ3) is 2.26. The highest BCUT2D eigenvalue weighted by molar-refractivity contribution is 5.00. The zero-order chi connectivity index (χ0) is 9.84. The molecule has 0 aromatic carbocycles. The van der Waals surface area contributed by atoms with Gasteiger partial charge in [0.2, 0.25) is 0 Å². The summed E-state index contributed by atoms with van der Waals surface area (Å²) in [6.07, 6.45) is 1.25. The largest absolute Gasteiger partial charge is 0.390 e. The van der Waals surface area contributed by atoms with E-state index in [2.05, 4.69) is 10.3 Å². The topological polar surface area (TPSA) is 71.2 Å². The summed E-state index contributed by atoms with van der Waals surface area (Å²) in [5, 5.41) is 26.4. The van der Waals surface area contributed by atoms with Crippen LogP contribution in [0.3, 0.4) is 0 Å². The van der Waals surface area contributed by atoms with Crippen LogP contribution >= 0.6 is 0 Å². The van der Waals surface area contributed by atoms with Crippen LogP contribution in [-0.2, 0) is 7.05 Å². The zero-order valence-electron chi connectivity index (χ0n) is 7.88. The van der Waals surface area contributed by atoms with Crippen LogP contribution in [0.2, 0.25) is 0 Å². The lowest BCUT2D eigenvalue weighted by molar-refractivity contribution is 0.00843. The summed E-state index contributed by atoms with van der Waals surface area (Å²) in [5.41, 5.74) is 0.543. The van der Waals surface area contributed by atoms with Crippen molar-refractivity contribution in [3.05, 3.63) is 11.9 Å². The van der Waals surface area contributed by atoms with Gasteiger partial charge >= 0.3 is 0 Å². The van der Waals surface area contributed by atoms with Gasteiger partial charge in [-0.2, -0.15) is 0 Å². The predicted octanol–water partition coefficient (Wildman–Crippen LogP) is 0.00950. The van der Waals surface area contributed by atoms with E-state index in [1.165, 1.54) is 10.9 Å². The first kappa shape index (κ1) is 10.1. The molecule has 0 amide bonds. The van der Waals surface area contributed by atoms with E-state index in [0.717, 1.165) is 6.42 Å². The molecule has 2 N–H and O–H groups in total. The molecule has 0 spiro atoms. The van der Waals surface area contributed by atoms with Crippen LogP contribution in [0.25, 0.3) is 0 Å². The summed E-state index contributed by atoms with van der Waals surface area (Å²) in [4.78, 5) is 0. The third-order valence-corrected chi connectivity index (χ3v) is 2.00. The first-order chi connectivity index (χ1) is 6.16. The van der Waals surface area contributed by atoms with Crippen LogP contribution in [0.1, 0.15) is 31.6 Å². The van der Waals surface area contributed by atoms with E-state index < -0.39 is 12.2 Å². The van der Waals surface area contributed by atoms with E-state index in [0.29, 0.717) is 12.1 Å². The summed E-state index contributed by atoms with van der Waals surface area (Å²) < 4.78 is 1.46. The van der Waals surface area contributed by atoms with Crippen molar-refractivity contribution in [2.75, 3.05) is 0 Å². The Morgan fingerprint density at radius 2 is 2.23 bits per heavy atom. The lowest BCUT2D eigenvalue weighted by Crippen LogP contribution is -2.20. The van der Waals surface area contributed by atoms with Crippen molar-refractivity contribution in [1.82, 2.24) is 15.0 Å². The molecular weight excluding hydrogens is 170 g/mol. The molecule has 0 saturated carbocycles. The van der Waals surface area contributed by atoms with Crippen molar-refractivity contribution >= 4 is 0 Å². The highest BCUT2D eigenvalue weighted by atomic mass is 16.3. The fraction of sp³-hybridized carbons (Fsp3) is 0.750. The van der Waals surface area contributed by atoms with Gasteiger partial charge in [-0.25, -0.2) is 4.68 Å². The summed E-state index contributed by atoms with van der Waals surface area (Å²) in [7, 11) is 1.68. The van der Waals surface area contributed by atoms with Crippen LogP contribution in [0, 0.1) is 0 Å². The molecule has 0 fully saturated rings. The first-order valence-electron chi connectivity index (χ1n) is 4.37. The normalized spacial score (nSPS) is 15.7. The van der Waals surface area contributed by atoms with Crippen LogP contribution in [0.4, 0.5) is 0 Å². The molecule has 0 saturated heterocycles. The molecule has 2 atom stereocenters. The second-order valence-corrected chi connectivity index (χ2v) is 3.08. The Bertz CT molecular complexity index is 262. The SMILES string of the molecule is CCCC(O)C(O)c1cnnn1C. The molecule has 0 radical (unpaired) electrons. The van der Waals surface area contributed by atoms with E-state index in [4.69, 9.17) is 0 Å². The minimum Gasteiger partial charge on any atom is -0.390 e. The Balaban J connectivity index is 2.67. The molecule has 5 nitrogen and oxygen atoms in total. The molecule has 0 aliphatic rings. The van der Waals surface area contributed by atoms with Crippen LogP contribution in [0.15, 0.2) is 6.20 Å². The van der Waals surface area contributed by atoms with Crippen LogP contribution < -0.4 is 0 Å². The van der Waals surface area contributed by atoms with Gasteiger partial charge in [0, 0.05) is 7.05 Å². The van der Waals surface area contributed by atoms with Crippen molar-refractivity contribution in [2.45, 2.75) is 32.0 Å². The average molecular weight is 185 g/mol. The van der Waals surface area contributed by atoms with Crippen LogP contribution in [0.5, 0.6) is 0 Å². The number of aromatic nitrogens is 3. The molecule has 1 rings (SSSR count). The van der Waals surface area contributed by atoms with Gasteiger partial charge in [0.05, 0.1) is 18.0 Å². The van der Waals surface area contributed by atoms with E-state index in [1.54, 1.807) is 7.05 Å². The van der Waals surface area contributed by atoms with Crippen molar-refractivity contribution in [3.63, 3.8) is 0 Å². The van der Waals surface area contributed by atoms with Gasteiger partial charge in [0.1, 0.15) is 6.10 Å². The van der Waals surface area contributed by atoms with E-state index in [-0.39, 0.29) is 0 Å². The predicted molar refractivity (Wildman–Crippen MR) is 46.9 cm³/mol. The molecular formula is C8H15N3O2. The Hall–Kier alpha value is -0.940. The average Bonchev–Trinajstić information content (AvgIpc) is 2.50. The lowest BCUT2D eigenvalue weighted by Gasteiger charge is -2.16. The van der Waals surface area contributed by atoms with Crippen LogP contribution in [-0.4, -0.2) is 31.3 Å². The summed E-state index contributed by atoms with van der Waals surface area (Å²) in [5.74, 6) is 0. The van der Waals surface area contributed by atoms with Gasteiger partial charge in [0.25, 0.3) is 0 Å². The first-order valence-corrected chi connectivity index (χ1v) is 4.37. The fourth-order valence-corrected chi connectivity index (χ4v) is 1.22. The quantitative estimate of drug-likeness (QED) is 0.693. The Kier molecular flexibility index (Phi) is 3.39. The van der Waals surface area contributed by atoms with Crippen molar-refractivity contribution in [1.29, 1.82) is 0 Å². The molecule has 0 aliphatic carbocycles. The Morgan fingerprint density at radius 3 is 2.69 bits per heavy atom. The van der Waals surface area contributed by atoms with Gasteiger partial charge in [-0.1, -0.05) is 18.6 Å². The second-order valence-electron chi connectivity index (χ2n) is 3.08. The number of nitrogens with zero attached hydrogens (tertiary/aromatic N) is 3. The van der Waals surface area contributed by atoms with E-state index in [9.17, 15) is 10.2 Å². The molecule has 74 valence electrons. The molecule has 1 heterocycles. The molecule has 1 aromatic rings. The number of aliphatic hydroxyl groups excluding tert-OH is 2. The lowest BCUT2D eigenvalue weighted by atomic mass is 10.1. The van der Waals surface area contributed by atoms with Gasteiger partial charge in [-0.15, -0.1) is 5.10 Å². The van der Waals surface area contributed by atoms with Gasteiger partial charge in [0.15, 0.2) is 0 Å². The van der Waals surface area contributed by atoms with E-state index >= 15 is 0 Å². The number of rotatable bonds is 4. The standard InChI is InChI=1S/C8H15N3O2/c1-3-4-7(12)8(13)6-5-9-10-11(6)2/h5,7-8,12-13H,3-4H2,1-2H3. The van der Waals surface area contributed by atoms with Crippen molar-refractivity contribution in [3.8, 4) is 0 Å². The minimum absolute atomic E-state index is 0.543. The van der Waals surface area contributed by atoms with Crippen molar-refractivity contribution < 1.29 is 10.2 Å². The maximum absolute atomic E-state index is 9.64. The smallest absolute Gasteiger partial charge is 0.123 e. The molecule has 0 bridgehead atoms. The summed E-state index contributed by atoms with van der Waals surface area (Å²) in [6.45, 7) is 1.96. The maximum atomic E-state index is 9.64. The summed E-state index contributed by atoms with van der Waals surface area (Å²) >= 11 is 0. The highest BCUT2D eigenvalue weighted by Crippen LogP contribution is 2.17. The fourth-order valence-electron chi connectivity index (χ4n) is 1.22. The van der Waals surface area contributed by atoms with Gasteiger partial charge in [-0.3, -0.25) is 0 Å². The molecule has 13 heavy (non-hydrogen) atoms. The third-order valence-electron chi connectivity index (χ3n) is 2.00. The molecule has 0 aliphatic heterocycles. The molecule has 1 aromatic heterocycles. The number of hydrogen-bond acceptors (Lipinski definition) is 4. The number of aryl methyl sites for hydroxylation is 1. The Labute approximate surface area is 77.0 Å². The highest BCUT2D eigenvalue weighted by Gasteiger charge is 2.20. The van der Waals surface area contributed by atoms with Crippen molar-refractivity contribution in [2.24, 2.45) is 7.05 Å². The molecule has 2 unspecified atom stereocenters. The number of aliphatic hydroxyl groups is 2. The molecule has 5 heteroatoms. The minimum atomic E-state index is -0.889. The Morgan fingerprint density at radius 1 is 1.54 bits per heavy atom. The maximum Gasteiger partial charge on any atom is 0.123 e. The monoisotopic (exact) mass is 185 g/mol. The second kappa shape index (κ2) is 4.34. The summed E-state index contributed by atoms with van der Waals surface area (Å²) in [6, 6.07) is 0.